The smallest absolute Gasteiger partial charge is 0.219 e. The summed E-state index contributed by atoms with van der Waals surface area (Å²) >= 11 is 0. The summed E-state index contributed by atoms with van der Waals surface area (Å²) in [5.41, 5.74) is 0.542. The van der Waals surface area contributed by atoms with Crippen LogP contribution in [-0.4, -0.2) is 48.9 Å². The first-order valence-electron chi connectivity index (χ1n) is 5.55. The van der Waals surface area contributed by atoms with Crippen LogP contribution in [-0.2, 0) is 4.79 Å². The molecule has 0 unspecified atom stereocenters. The van der Waals surface area contributed by atoms with Crippen LogP contribution in [0.15, 0.2) is 0 Å². The quantitative estimate of drug-likeness (QED) is 0.576. The molecule has 0 aromatic carbocycles. The zero-order chi connectivity index (χ0) is 10.2. The molecule has 3 heteroatoms. The second kappa shape index (κ2) is 3.54. The van der Waals surface area contributed by atoms with Crippen LogP contribution in [0.25, 0.3) is 0 Å². The number of carbonyl (C=O) groups is 1. The van der Waals surface area contributed by atoms with Gasteiger partial charge in [0.25, 0.3) is 0 Å². The molecular weight excluding hydrogens is 176 g/mol. The van der Waals surface area contributed by atoms with Gasteiger partial charge in [-0.3, -0.25) is 4.79 Å². The summed E-state index contributed by atoms with van der Waals surface area (Å²) in [6, 6.07) is 0. The predicted molar refractivity (Wildman–Crippen MR) is 56.0 cm³/mol. The van der Waals surface area contributed by atoms with Gasteiger partial charge in [0.05, 0.1) is 0 Å². The highest BCUT2D eigenvalue weighted by Gasteiger charge is 2.39. The van der Waals surface area contributed by atoms with Crippen molar-refractivity contribution in [3.63, 3.8) is 0 Å². The molecular formula is C11H20N2O. The van der Waals surface area contributed by atoms with Gasteiger partial charge in [-0.2, -0.15) is 0 Å². The fraction of sp³-hybridized carbons (Fsp3) is 0.909. The van der Waals surface area contributed by atoms with Gasteiger partial charge in [0, 0.05) is 26.6 Å². The Hall–Kier alpha value is -0.570. The van der Waals surface area contributed by atoms with Crippen molar-refractivity contribution in [1.29, 1.82) is 0 Å². The lowest BCUT2D eigenvalue weighted by atomic mass is 9.78. The van der Waals surface area contributed by atoms with Gasteiger partial charge in [-0.25, -0.2) is 0 Å². The third-order valence-electron chi connectivity index (χ3n) is 3.90. The van der Waals surface area contributed by atoms with E-state index < -0.39 is 0 Å². The fourth-order valence-electron chi connectivity index (χ4n) is 2.86. The van der Waals surface area contributed by atoms with Gasteiger partial charge in [0.1, 0.15) is 0 Å². The van der Waals surface area contributed by atoms with Gasteiger partial charge in [-0.1, -0.05) is 0 Å². The molecule has 0 saturated carbocycles. The molecule has 2 saturated heterocycles. The molecule has 2 rings (SSSR count). The van der Waals surface area contributed by atoms with Crippen molar-refractivity contribution in [3.8, 4) is 0 Å². The van der Waals surface area contributed by atoms with E-state index in [9.17, 15) is 4.79 Å². The Morgan fingerprint density at radius 3 is 2.14 bits per heavy atom. The Balaban J connectivity index is 1.92. The van der Waals surface area contributed by atoms with Crippen LogP contribution in [0.5, 0.6) is 0 Å². The molecule has 0 aromatic heterocycles. The summed E-state index contributed by atoms with van der Waals surface area (Å²) < 4.78 is 0. The Morgan fingerprint density at radius 1 is 1.14 bits per heavy atom. The predicted octanol–water partition coefficient (Wildman–Crippen LogP) is 0.951. The van der Waals surface area contributed by atoms with E-state index in [0.29, 0.717) is 5.41 Å². The lowest BCUT2D eigenvalue weighted by Crippen LogP contribution is -2.43. The molecule has 2 heterocycles. The van der Waals surface area contributed by atoms with Crippen molar-refractivity contribution in [2.24, 2.45) is 5.41 Å². The lowest BCUT2D eigenvalue weighted by molar-refractivity contribution is -0.131. The monoisotopic (exact) mass is 196 g/mol. The van der Waals surface area contributed by atoms with Crippen LogP contribution in [0.1, 0.15) is 26.2 Å². The molecule has 3 nitrogen and oxygen atoms in total. The second-order valence-electron chi connectivity index (χ2n) is 4.99. The molecule has 0 radical (unpaired) electrons. The van der Waals surface area contributed by atoms with E-state index in [1.54, 1.807) is 6.92 Å². The molecule has 1 amide bonds. The van der Waals surface area contributed by atoms with Crippen LogP contribution in [0.2, 0.25) is 0 Å². The highest BCUT2D eigenvalue weighted by molar-refractivity contribution is 5.73. The molecule has 0 aliphatic carbocycles. The first-order valence-corrected chi connectivity index (χ1v) is 5.55. The molecule has 80 valence electrons. The van der Waals surface area contributed by atoms with Gasteiger partial charge in [0.2, 0.25) is 5.91 Å². The molecule has 1 spiro atoms. The maximum atomic E-state index is 11.2. The Kier molecular flexibility index (Phi) is 2.52. The van der Waals surface area contributed by atoms with Crippen molar-refractivity contribution in [1.82, 2.24) is 9.80 Å². The largest absolute Gasteiger partial charge is 0.343 e. The molecule has 0 aromatic rings. The molecule has 2 aliphatic heterocycles. The number of hydrogen-bond donors (Lipinski definition) is 0. The zero-order valence-electron chi connectivity index (χ0n) is 9.25. The van der Waals surface area contributed by atoms with Gasteiger partial charge in [-0.05, 0) is 38.3 Å². The maximum Gasteiger partial charge on any atom is 0.219 e. The molecule has 2 aliphatic rings. The van der Waals surface area contributed by atoms with Gasteiger partial charge < -0.3 is 9.80 Å². The molecule has 0 bridgehead atoms. The first-order chi connectivity index (χ1) is 6.61. The number of likely N-dealkylation sites (tertiary alicyclic amines) is 2. The Morgan fingerprint density at radius 2 is 1.71 bits per heavy atom. The minimum atomic E-state index is 0.242. The van der Waals surface area contributed by atoms with Gasteiger partial charge in [-0.15, -0.1) is 0 Å². The topological polar surface area (TPSA) is 23.6 Å². The van der Waals surface area contributed by atoms with Gasteiger partial charge in [0.15, 0.2) is 0 Å². The van der Waals surface area contributed by atoms with Crippen LogP contribution in [0.3, 0.4) is 0 Å². The molecule has 0 N–H and O–H groups in total. The number of nitrogens with zero attached hydrogens (tertiary/aromatic N) is 2. The minimum absolute atomic E-state index is 0.242. The summed E-state index contributed by atoms with van der Waals surface area (Å²) in [6.45, 7) is 6.10. The summed E-state index contributed by atoms with van der Waals surface area (Å²) in [4.78, 5) is 15.6. The van der Waals surface area contributed by atoms with Crippen molar-refractivity contribution in [2.45, 2.75) is 26.2 Å². The lowest BCUT2D eigenvalue weighted by Gasteiger charge is -2.38. The highest BCUT2D eigenvalue weighted by atomic mass is 16.2. The van der Waals surface area contributed by atoms with Crippen LogP contribution >= 0.6 is 0 Å². The van der Waals surface area contributed by atoms with E-state index in [0.717, 1.165) is 13.1 Å². The summed E-state index contributed by atoms with van der Waals surface area (Å²) in [5, 5.41) is 0. The number of carbonyl (C=O) groups excluding carboxylic acids is 1. The fourth-order valence-corrected chi connectivity index (χ4v) is 2.86. The molecule has 2 fully saturated rings. The van der Waals surface area contributed by atoms with E-state index in [1.807, 2.05) is 4.90 Å². The highest BCUT2D eigenvalue weighted by Crippen LogP contribution is 2.39. The average Bonchev–Trinajstić information content (AvgIpc) is 2.48. The summed E-state index contributed by atoms with van der Waals surface area (Å²) in [5.74, 6) is 0.242. The normalized spacial score (nSPS) is 27.1. The van der Waals surface area contributed by atoms with E-state index in [2.05, 4.69) is 11.9 Å². The van der Waals surface area contributed by atoms with E-state index in [4.69, 9.17) is 0 Å². The van der Waals surface area contributed by atoms with Crippen LogP contribution < -0.4 is 0 Å². The maximum absolute atomic E-state index is 11.2. The third-order valence-corrected chi connectivity index (χ3v) is 3.90. The number of hydrogen-bond acceptors (Lipinski definition) is 2. The molecule has 14 heavy (non-hydrogen) atoms. The summed E-state index contributed by atoms with van der Waals surface area (Å²) in [6.07, 6.45) is 3.74. The third kappa shape index (κ3) is 1.78. The zero-order valence-corrected chi connectivity index (χ0v) is 9.25. The van der Waals surface area contributed by atoms with Crippen LogP contribution in [0, 0.1) is 5.41 Å². The van der Waals surface area contributed by atoms with E-state index in [1.165, 1.54) is 32.4 Å². The number of rotatable bonds is 0. The average molecular weight is 196 g/mol. The SMILES string of the molecule is CC(=O)N1CCC2(CCN(C)C2)CC1. The minimum Gasteiger partial charge on any atom is -0.343 e. The number of amides is 1. The van der Waals surface area contributed by atoms with Crippen molar-refractivity contribution in [2.75, 3.05) is 33.2 Å². The Bertz CT molecular complexity index is 231. The van der Waals surface area contributed by atoms with Crippen molar-refractivity contribution in [3.05, 3.63) is 0 Å². The van der Waals surface area contributed by atoms with E-state index >= 15 is 0 Å². The van der Waals surface area contributed by atoms with Gasteiger partial charge >= 0.3 is 0 Å². The Labute approximate surface area is 86.1 Å². The standard InChI is InChI=1S/C11H20N2O/c1-10(14)13-7-4-11(5-8-13)3-6-12(2)9-11/h3-9H2,1-2H3. The van der Waals surface area contributed by atoms with E-state index in [-0.39, 0.29) is 5.91 Å². The van der Waals surface area contributed by atoms with Crippen molar-refractivity contribution >= 4 is 5.91 Å². The summed E-state index contributed by atoms with van der Waals surface area (Å²) in [7, 11) is 2.20. The van der Waals surface area contributed by atoms with Crippen molar-refractivity contribution < 1.29 is 4.79 Å². The number of piperidine rings is 1. The second-order valence-corrected chi connectivity index (χ2v) is 4.99. The van der Waals surface area contributed by atoms with Crippen LogP contribution in [0.4, 0.5) is 0 Å². The molecule has 0 atom stereocenters. The first kappa shape index (κ1) is 9.97.